The van der Waals surface area contributed by atoms with Crippen molar-refractivity contribution in [1.82, 2.24) is 10.2 Å². The molecule has 0 heterocycles. The Balaban J connectivity index is 1.62. The minimum atomic E-state index is -4.48. The summed E-state index contributed by atoms with van der Waals surface area (Å²) in [5.41, 5.74) is 2.74. The number of methoxy groups -OCH3 is 3. The third-order valence-electron chi connectivity index (χ3n) is 9.33. The number of halogens is 1. The number of benzene rings is 4. The Hall–Kier alpha value is -4.74. The van der Waals surface area contributed by atoms with Crippen LogP contribution in [0.3, 0.4) is 0 Å². The molecular weight excluding hydrogens is 702 g/mol. The van der Waals surface area contributed by atoms with Gasteiger partial charge in [0.15, 0.2) is 11.5 Å². The van der Waals surface area contributed by atoms with Gasteiger partial charge in [-0.25, -0.2) is 8.42 Å². The Labute approximate surface area is 311 Å². The lowest BCUT2D eigenvalue weighted by atomic mass is 9.94. The predicted octanol–water partition coefficient (Wildman–Crippen LogP) is 6.96. The van der Waals surface area contributed by atoms with Crippen LogP contribution in [0.25, 0.3) is 0 Å². The van der Waals surface area contributed by atoms with Gasteiger partial charge in [0.1, 0.15) is 18.3 Å². The van der Waals surface area contributed by atoms with Gasteiger partial charge in [0, 0.05) is 30.1 Å². The van der Waals surface area contributed by atoms with E-state index >= 15 is 0 Å². The molecule has 1 fully saturated rings. The van der Waals surface area contributed by atoms with Gasteiger partial charge in [-0.2, -0.15) is 0 Å². The van der Waals surface area contributed by atoms with Crippen LogP contribution in [-0.2, 0) is 32.6 Å². The zero-order chi connectivity index (χ0) is 37.3. The molecule has 0 aliphatic heterocycles. The number of anilines is 1. The lowest BCUT2D eigenvalue weighted by molar-refractivity contribution is -0.140. The Kier molecular flexibility index (Phi) is 13.1. The molecule has 10 nitrogen and oxygen atoms in total. The third kappa shape index (κ3) is 9.37. The number of nitrogens with one attached hydrogen (secondary N) is 1. The highest BCUT2D eigenvalue weighted by molar-refractivity contribution is 7.92. The average molecular weight is 748 g/mol. The molecule has 0 spiro atoms. The smallest absolute Gasteiger partial charge is 0.265 e. The van der Waals surface area contributed by atoms with E-state index in [0.717, 1.165) is 53.1 Å². The van der Waals surface area contributed by atoms with Crippen molar-refractivity contribution >= 4 is 39.1 Å². The molecule has 5 rings (SSSR count). The molecule has 0 aromatic heterocycles. The summed E-state index contributed by atoms with van der Waals surface area (Å²) < 4.78 is 46.7. The van der Waals surface area contributed by atoms with E-state index < -0.39 is 28.5 Å². The van der Waals surface area contributed by atoms with Gasteiger partial charge in [-0.15, -0.1) is 0 Å². The zero-order valence-corrected chi connectivity index (χ0v) is 31.6. The molecule has 0 bridgehead atoms. The fraction of sp³-hybridized carbons (Fsp3) is 0.350. The van der Waals surface area contributed by atoms with Crippen molar-refractivity contribution in [3.63, 3.8) is 0 Å². The first-order valence-corrected chi connectivity index (χ1v) is 19.1. The molecule has 52 heavy (non-hydrogen) atoms. The van der Waals surface area contributed by atoms with Gasteiger partial charge in [-0.1, -0.05) is 91.0 Å². The summed E-state index contributed by atoms with van der Waals surface area (Å²) >= 11 is 6.43. The number of aryl methyl sites for hydroxylation is 1. The van der Waals surface area contributed by atoms with Crippen molar-refractivity contribution in [3.05, 3.63) is 113 Å². The molecule has 1 aliphatic rings. The van der Waals surface area contributed by atoms with Crippen molar-refractivity contribution in [2.45, 2.75) is 69.0 Å². The Morgan fingerprint density at radius 3 is 2.12 bits per heavy atom. The number of sulfonamides is 1. The van der Waals surface area contributed by atoms with E-state index in [1.54, 1.807) is 12.1 Å². The molecule has 4 aromatic rings. The van der Waals surface area contributed by atoms with Crippen LogP contribution in [0.4, 0.5) is 5.69 Å². The van der Waals surface area contributed by atoms with E-state index in [4.69, 9.17) is 25.8 Å². The maximum atomic E-state index is 14.9. The van der Waals surface area contributed by atoms with Gasteiger partial charge in [-0.3, -0.25) is 13.9 Å². The summed E-state index contributed by atoms with van der Waals surface area (Å²) in [6.45, 7) is 1.37. The highest BCUT2D eigenvalue weighted by Gasteiger charge is 2.36. The lowest BCUT2D eigenvalue weighted by Gasteiger charge is -2.35. The fourth-order valence-electron chi connectivity index (χ4n) is 6.46. The molecule has 1 unspecified atom stereocenters. The van der Waals surface area contributed by atoms with E-state index in [1.807, 2.05) is 61.5 Å². The molecule has 1 atom stereocenters. The molecule has 0 saturated heterocycles. The number of carbonyl (C=O) groups excluding carboxylic acids is 2. The molecule has 1 saturated carbocycles. The average Bonchev–Trinajstić information content (AvgIpc) is 3.16. The highest BCUT2D eigenvalue weighted by atomic mass is 35.5. The van der Waals surface area contributed by atoms with E-state index in [-0.39, 0.29) is 52.0 Å². The number of carbonyl (C=O) groups is 2. The van der Waals surface area contributed by atoms with Crippen LogP contribution in [0.2, 0.25) is 5.02 Å². The molecule has 2 amide bonds. The first-order valence-electron chi connectivity index (χ1n) is 17.3. The first-order chi connectivity index (χ1) is 25.0. The van der Waals surface area contributed by atoms with Crippen LogP contribution in [0.1, 0.15) is 48.8 Å². The van der Waals surface area contributed by atoms with Gasteiger partial charge in [0.2, 0.25) is 11.8 Å². The molecule has 12 heteroatoms. The lowest BCUT2D eigenvalue weighted by Crippen LogP contribution is -2.55. The van der Waals surface area contributed by atoms with Gasteiger partial charge >= 0.3 is 0 Å². The topological polar surface area (TPSA) is 114 Å². The largest absolute Gasteiger partial charge is 0.495 e. The minimum absolute atomic E-state index is 0.00602. The second-order valence-corrected chi connectivity index (χ2v) is 15.2. The summed E-state index contributed by atoms with van der Waals surface area (Å²) in [5.74, 6) is -0.169. The predicted molar refractivity (Wildman–Crippen MR) is 203 cm³/mol. The molecular formula is C40H46ClN3O7S. The molecule has 1 N–H and O–H groups in total. The number of amides is 2. The van der Waals surface area contributed by atoms with Gasteiger partial charge in [-0.05, 0) is 61.2 Å². The fourth-order valence-corrected chi connectivity index (χ4v) is 8.06. The zero-order valence-electron chi connectivity index (χ0n) is 30.0. The monoisotopic (exact) mass is 747 g/mol. The molecule has 276 valence electrons. The van der Waals surface area contributed by atoms with Gasteiger partial charge in [0.05, 0.1) is 31.9 Å². The summed E-state index contributed by atoms with van der Waals surface area (Å²) in [7, 11) is -0.219. The van der Waals surface area contributed by atoms with Crippen LogP contribution < -0.4 is 23.8 Å². The standard InChI is InChI=1S/C40H46ClN3O7S/c1-28-15-17-30(18-16-28)26-43(35(23-29-11-7-5-8-12-29)40(46)42-32-13-9-6-10-14-32)39(45)27-44(34-24-31(41)19-21-36(34)49-2)52(47,48)33-20-22-37(50-3)38(25-33)51-4/h5,7-8,11-12,15-22,24-25,32,35H,6,9-10,13-14,23,26-27H2,1-4H3,(H,42,46). The second kappa shape index (κ2) is 17.7. The number of hydrogen-bond acceptors (Lipinski definition) is 7. The molecule has 0 radical (unpaired) electrons. The van der Waals surface area contributed by atoms with Crippen LogP contribution in [0.15, 0.2) is 95.9 Å². The number of nitrogens with zero attached hydrogens (tertiary/aromatic N) is 2. The van der Waals surface area contributed by atoms with E-state index in [2.05, 4.69) is 5.32 Å². The molecule has 1 aliphatic carbocycles. The van der Waals surface area contributed by atoms with Crippen LogP contribution in [-0.4, -0.2) is 65.1 Å². The van der Waals surface area contributed by atoms with Crippen molar-refractivity contribution in [2.75, 3.05) is 32.2 Å². The maximum absolute atomic E-state index is 14.9. The normalized spacial score (nSPS) is 13.9. The van der Waals surface area contributed by atoms with Crippen molar-refractivity contribution in [2.24, 2.45) is 0 Å². The van der Waals surface area contributed by atoms with E-state index in [0.29, 0.717) is 5.75 Å². The summed E-state index contributed by atoms with van der Waals surface area (Å²) in [6.07, 6.45) is 5.10. The van der Waals surface area contributed by atoms with Crippen molar-refractivity contribution in [1.29, 1.82) is 0 Å². The molecule has 4 aromatic carbocycles. The van der Waals surface area contributed by atoms with E-state index in [9.17, 15) is 18.0 Å². The number of ether oxygens (including phenoxy) is 3. The minimum Gasteiger partial charge on any atom is -0.495 e. The van der Waals surface area contributed by atoms with Gasteiger partial charge < -0.3 is 24.4 Å². The highest BCUT2D eigenvalue weighted by Crippen LogP contribution is 2.37. The number of hydrogen-bond donors (Lipinski definition) is 1. The summed E-state index contributed by atoms with van der Waals surface area (Å²) in [4.78, 5) is 30.6. The second-order valence-electron chi connectivity index (χ2n) is 12.9. The third-order valence-corrected chi connectivity index (χ3v) is 11.3. The summed E-state index contributed by atoms with van der Waals surface area (Å²) in [6, 6.07) is 25.0. The van der Waals surface area contributed by atoms with E-state index in [1.165, 1.54) is 50.5 Å². The van der Waals surface area contributed by atoms with Crippen molar-refractivity contribution in [3.8, 4) is 17.2 Å². The Morgan fingerprint density at radius 2 is 1.46 bits per heavy atom. The van der Waals surface area contributed by atoms with Crippen LogP contribution in [0, 0.1) is 6.92 Å². The maximum Gasteiger partial charge on any atom is 0.265 e. The first kappa shape index (κ1) is 38.5. The van der Waals surface area contributed by atoms with Crippen molar-refractivity contribution < 1.29 is 32.2 Å². The summed E-state index contributed by atoms with van der Waals surface area (Å²) in [5, 5.41) is 3.47. The number of rotatable bonds is 15. The Bertz CT molecular complexity index is 1930. The van der Waals surface area contributed by atoms with Crippen LogP contribution in [0.5, 0.6) is 17.2 Å². The SMILES string of the molecule is COc1ccc(S(=O)(=O)N(CC(=O)N(Cc2ccc(C)cc2)C(Cc2ccccc2)C(=O)NC2CCCCC2)c2cc(Cl)ccc2OC)cc1OC. The van der Waals surface area contributed by atoms with Gasteiger partial charge in [0.25, 0.3) is 10.0 Å². The van der Waals surface area contributed by atoms with Crippen LogP contribution >= 0.6 is 11.6 Å². The quantitative estimate of drug-likeness (QED) is 0.140. The Morgan fingerprint density at radius 1 is 0.808 bits per heavy atom.